The van der Waals surface area contributed by atoms with Crippen LogP contribution >= 0.6 is 0 Å². The Morgan fingerprint density at radius 2 is 1.64 bits per heavy atom. The van der Waals surface area contributed by atoms with Crippen molar-refractivity contribution in [2.24, 2.45) is 0 Å². The van der Waals surface area contributed by atoms with Gasteiger partial charge in [-0.2, -0.15) is 0 Å². The maximum Gasteiger partial charge on any atom is 0.321 e. The zero-order valence-electron chi connectivity index (χ0n) is 21.0. The summed E-state index contributed by atoms with van der Waals surface area (Å²) in [4.78, 5) is 18.6. The van der Waals surface area contributed by atoms with Gasteiger partial charge >= 0.3 is 6.03 Å². The maximum atomic E-state index is 12.5. The number of urea groups is 1. The van der Waals surface area contributed by atoms with Crippen LogP contribution in [-0.2, 0) is 6.42 Å². The Hall–Kier alpha value is -3.54. The first-order valence-electron chi connectivity index (χ1n) is 13.1. The maximum absolute atomic E-state index is 12.5. The third-order valence-electron chi connectivity index (χ3n) is 7.33. The quantitative estimate of drug-likeness (QED) is 0.400. The number of carbonyl (C=O) groups is 1. The third kappa shape index (κ3) is 5.81. The number of nitrogens with zero attached hydrogens (tertiary/aromatic N) is 2. The number of carbonyl (C=O) groups excluding carboxylic acids is 1. The number of amides is 2. The van der Waals surface area contributed by atoms with E-state index in [0.717, 1.165) is 62.4 Å². The van der Waals surface area contributed by atoms with Gasteiger partial charge in [0.05, 0.1) is 13.2 Å². The number of aromatic nitrogens is 1. The van der Waals surface area contributed by atoms with Crippen molar-refractivity contribution in [3.05, 3.63) is 83.7 Å². The summed E-state index contributed by atoms with van der Waals surface area (Å²) in [7, 11) is 1.69. The first-order chi connectivity index (χ1) is 17.7. The van der Waals surface area contributed by atoms with Crippen LogP contribution in [0.3, 0.4) is 0 Å². The summed E-state index contributed by atoms with van der Waals surface area (Å²) < 4.78 is 12.0. The van der Waals surface area contributed by atoms with E-state index in [1.807, 2.05) is 35.5 Å². The Morgan fingerprint density at radius 1 is 0.944 bits per heavy atom. The van der Waals surface area contributed by atoms with Crippen LogP contribution in [0.1, 0.15) is 61.1 Å². The largest absolute Gasteiger partial charge is 0.493 e. The second-order valence-corrected chi connectivity index (χ2v) is 9.79. The summed E-state index contributed by atoms with van der Waals surface area (Å²) >= 11 is 0. The van der Waals surface area contributed by atoms with E-state index in [9.17, 15) is 4.79 Å². The van der Waals surface area contributed by atoms with Gasteiger partial charge in [-0.1, -0.05) is 18.2 Å². The van der Waals surface area contributed by atoms with Gasteiger partial charge in [-0.05, 0) is 98.0 Å². The van der Waals surface area contributed by atoms with E-state index in [1.54, 1.807) is 7.11 Å². The van der Waals surface area contributed by atoms with Crippen LogP contribution in [0.5, 0.6) is 11.5 Å². The van der Waals surface area contributed by atoms with Crippen molar-refractivity contribution >= 4 is 11.7 Å². The fraction of sp³-hybridized carbons (Fsp3) is 0.400. The Labute approximate surface area is 213 Å². The molecule has 3 aromatic rings. The highest BCUT2D eigenvalue weighted by molar-refractivity contribution is 5.89. The summed E-state index contributed by atoms with van der Waals surface area (Å²) in [6.45, 7) is 1.67. The van der Waals surface area contributed by atoms with E-state index >= 15 is 0 Å². The molecule has 2 aromatic carbocycles. The molecule has 5 rings (SSSR count). The van der Waals surface area contributed by atoms with Crippen molar-refractivity contribution in [3.8, 4) is 11.5 Å². The smallest absolute Gasteiger partial charge is 0.321 e. The molecule has 1 aliphatic carbocycles. The fourth-order valence-electron chi connectivity index (χ4n) is 5.29. The molecular formula is C30H35N3O3. The number of nitrogens with one attached hydrogen (secondary N) is 1. The van der Waals surface area contributed by atoms with Crippen LogP contribution in [-0.4, -0.2) is 42.2 Å². The van der Waals surface area contributed by atoms with Crippen molar-refractivity contribution in [1.82, 2.24) is 9.88 Å². The standard InChI is InChI=1S/C30H35N3O3/c1-35-28-13-10-24(21-29(28)36-26-6-2-3-7-26)27(20-22-14-16-31-17-15-22)23-8-11-25(12-9-23)32-30(34)33-18-4-5-19-33/h8-17,21,26-27H,2-7,18-20H2,1H3,(H,32,34)/t27-/m1/s1. The van der Waals surface area contributed by atoms with E-state index in [2.05, 4.69) is 46.7 Å². The lowest BCUT2D eigenvalue weighted by Gasteiger charge is -2.22. The minimum absolute atomic E-state index is 0.0163. The van der Waals surface area contributed by atoms with Crippen LogP contribution in [0.25, 0.3) is 0 Å². The molecule has 2 aliphatic rings. The zero-order valence-corrected chi connectivity index (χ0v) is 21.0. The average Bonchev–Trinajstić information content (AvgIpc) is 3.64. The summed E-state index contributed by atoms with van der Waals surface area (Å²) in [5.41, 5.74) is 4.39. The molecule has 1 aliphatic heterocycles. The van der Waals surface area contributed by atoms with Crippen molar-refractivity contribution in [2.45, 2.75) is 57.0 Å². The molecule has 1 saturated carbocycles. The first-order valence-corrected chi connectivity index (χ1v) is 13.1. The molecular weight excluding hydrogens is 450 g/mol. The molecule has 1 N–H and O–H groups in total. The second kappa shape index (κ2) is 11.5. The molecule has 2 heterocycles. The number of hydrogen-bond donors (Lipinski definition) is 1. The van der Waals surface area contributed by atoms with Gasteiger partial charge in [0.25, 0.3) is 0 Å². The number of anilines is 1. The van der Waals surface area contributed by atoms with Gasteiger partial charge in [0, 0.05) is 37.1 Å². The Morgan fingerprint density at radius 3 is 2.33 bits per heavy atom. The lowest BCUT2D eigenvalue weighted by molar-refractivity contribution is 0.200. The van der Waals surface area contributed by atoms with E-state index < -0.39 is 0 Å². The highest BCUT2D eigenvalue weighted by Gasteiger charge is 2.22. The minimum Gasteiger partial charge on any atom is -0.493 e. The molecule has 0 unspecified atom stereocenters. The number of methoxy groups -OCH3 is 1. The first kappa shape index (κ1) is 24.2. The van der Waals surface area contributed by atoms with Crippen molar-refractivity contribution in [2.75, 3.05) is 25.5 Å². The molecule has 1 aromatic heterocycles. The van der Waals surface area contributed by atoms with E-state index in [4.69, 9.17) is 9.47 Å². The molecule has 0 radical (unpaired) electrons. The normalized spacial score (nSPS) is 16.6. The van der Waals surface area contributed by atoms with Gasteiger partial charge in [0.1, 0.15) is 0 Å². The van der Waals surface area contributed by atoms with Gasteiger partial charge in [-0.3, -0.25) is 4.98 Å². The monoisotopic (exact) mass is 485 g/mol. The van der Waals surface area contributed by atoms with Gasteiger partial charge in [0.2, 0.25) is 0 Å². The number of rotatable bonds is 8. The minimum atomic E-state index is -0.0163. The molecule has 1 saturated heterocycles. The van der Waals surface area contributed by atoms with Gasteiger partial charge in [-0.15, -0.1) is 0 Å². The van der Waals surface area contributed by atoms with E-state index in [-0.39, 0.29) is 18.1 Å². The fourth-order valence-corrected chi connectivity index (χ4v) is 5.29. The summed E-state index contributed by atoms with van der Waals surface area (Å²) in [5.74, 6) is 1.71. The molecule has 2 amide bonds. The van der Waals surface area contributed by atoms with Crippen LogP contribution in [0.2, 0.25) is 0 Å². The number of benzene rings is 2. The summed E-state index contributed by atoms with van der Waals surface area (Å²) in [6.07, 6.45) is 11.6. The highest BCUT2D eigenvalue weighted by Crippen LogP contribution is 2.37. The van der Waals surface area contributed by atoms with Crippen molar-refractivity contribution in [1.29, 1.82) is 0 Å². The number of likely N-dealkylation sites (tertiary alicyclic amines) is 1. The van der Waals surface area contributed by atoms with Crippen LogP contribution < -0.4 is 14.8 Å². The lowest BCUT2D eigenvalue weighted by Crippen LogP contribution is -2.32. The van der Waals surface area contributed by atoms with E-state index in [1.165, 1.54) is 29.5 Å². The SMILES string of the molecule is COc1ccc([C@H](Cc2ccncc2)c2ccc(NC(=O)N3CCCC3)cc2)cc1OC1CCCC1. The zero-order chi connectivity index (χ0) is 24.7. The average molecular weight is 486 g/mol. The lowest BCUT2D eigenvalue weighted by atomic mass is 9.86. The predicted octanol–water partition coefficient (Wildman–Crippen LogP) is 6.41. The predicted molar refractivity (Wildman–Crippen MR) is 142 cm³/mol. The molecule has 6 heteroatoms. The van der Waals surface area contributed by atoms with Crippen LogP contribution in [0.4, 0.5) is 10.5 Å². The summed E-state index contributed by atoms with van der Waals surface area (Å²) in [6, 6.07) is 18.7. The Bertz CT molecular complexity index is 1140. The Kier molecular flexibility index (Phi) is 7.70. The molecule has 0 spiro atoms. The molecule has 6 nitrogen and oxygen atoms in total. The molecule has 36 heavy (non-hydrogen) atoms. The highest BCUT2D eigenvalue weighted by atomic mass is 16.5. The van der Waals surface area contributed by atoms with Gasteiger partial charge in [-0.25, -0.2) is 4.79 Å². The van der Waals surface area contributed by atoms with Crippen molar-refractivity contribution in [3.63, 3.8) is 0 Å². The van der Waals surface area contributed by atoms with Gasteiger partial charge in [0.15, 0.2) is 11.5 Å². The van der Waals surface area contributed by atoms with Crippen LogP contribution in [0.15, 0.2) is 67.0 Å². The van der Waals surface area contributed by atoms with E-state index in [0.29, 0.717) is 0 Å². The second-order valence-electron chi connectivity index (χ2n) is 9.79. The number of ether oxygens (including phenoxy) is 2. The van der Waals surface area contributed by atoms with Gasteiger partial charge < -0.3 is 19.7 Å². The summed E-state index contributed by atoms with van der Waals surface area (Å²) in [5, 5.41) is 3.05. The molecule has 1 atom stereocenters. The van der Waals surface area contributed by atoms with Crippen LogP contribution in [0, 0.1) is 0 Å². The molecule has 2 fully saturated rings. The number of hydrogen-bond acceptors (Lipinski definition) is 4. The number of pyridine rings is 1. The Balaban J connectivity index is 1.41. The van der Waals surface area contributed by atoms with Crippen molar-refractivity contribution < 1.29 is 14.3 Å². The third-order valence-corrected chi connectivity index (χ3v) is 7.33. The molecule has 188 valence electrons. The molecule has 0 bridgehead atoms. The topological polar surface area (TPSA) is 63.7 Å².